The van der Waals surface area contributed by atoms with Gasteiger partial charge in [-0.05, 0) is 137 Å². The van der Waals surface area contributed by atoms with Gasteiger partial charge in [-0.3, -0.25) is 4.57 Å². The topological polar surface area (TPSA) is 34.9 Å². The zero-order valence-electron chi connectivity index (χ0n) is 35.0. The lowest BCUT2D eigenvalue weighted by Crippen LogP contribution is -2.33. The molecule has 0 fully saturated rings. The first kappa shape index (κ1) is 36.8. The van der Waals surface area contributed by atoms with Crippen LogP contribution in [-0.2, 0) is 4.57 Å². The minimum atomic E-state index is -3.24. The molecule has 0 radical (unpaired) electrons. The van der Waals surface area contributed by atoms with Crippen molar-refractivity contribution < 1.29 is 4.57 Å². The minimum Gasteiger partial charge on any atom is -0.308 e. The molecule has 0 saturated carbocycles. The SMILES string of the molecule is Cc1nc2cccc3c2n1-c1ccc(-c2ccc(-c4ccc5c(-c6ccc7ccccc7c6)c6ccccc6c(-c6ccc7ccccc7c6)c5c4)cc2)cc1P3(=O)c1ccccc1. The van der Waals surface area contributed by atoms with Gasteiger partial charge in [0.15, 0.2) is 7.14 Å². The van der Waals surface area contributed by atoms with Crippen LogP contribution in [0.3, 0.4) is 0 Å². The van der Waals surface area contributed by atoms with Crippen molar-refractivity contribution >= 4 is 77.2 Å². The zero-order chi connectivity index (χ0) is 42.5. The Labute approximate surface area is 370 Å². The highest BCUT2D eigenvalue weighted by Crippen LogP contribution is 2.50. The molecule has 1 aromatic heterocycles. The number of nitrogens with zero attached hydrogens (tertiary/aromatic N) is 2. The van der Waals surface area contributed by atoms with E-state index in [1.165, 1.54) is 65.3 Å². The number of rotatable bonds is 5. The van der Waals surface area contributed by atoms with Crippen molar-refractivity contribution in [1.29, 1.82) is 0 Å². The molecule has 64 heavy (non-hydrogen) atoms. The summed E-state index contributed by atoms with van der Waals surface area (Å²) in [6.07, 6.45) is 0. The van der Waals surface area contributed by atoms with E-state index >= 15 is 4.57 Å². The first-order valence-corrected chi connectivity index (χ1v) is 23.6. The largest absolute Gasteiger partial charge is 0.308 e. The summed E-state index contributed by atoms with van der Waals surface area (Å²) < 4.78 is 18.0. The number of hydrogen-bond acceptors (Lipinski definition) is 2. The lowest BCUT2D eigenvalue weighted by atomic mass is 9.84. The van der Waals surface area contributed by atoms with Crippen LogP contribution >= 0.6 is 7.14 Å². The third kappa shape index (κ3) is 5.48. The molecule has 1 unspecified atom stereocenters. The molecule has 0 saturated heterocycles. The highest BCUT2D eigenvalue weighted by atomic mass is 31.2. The molecule has 2 heterocycles. The van der Waals surface area contributed by atoms with Gasteiger partial charge in [-0.1, -0.05) is 176 Å². The van der Waals surface area contributed by atoms with Crippen LogP contribution in [0.25, 0.3) is 104 Å². The fraction of sp³-hybridized carbons (Fsp3) is 0.0167. The van der Waals surface area contributed by atoms with Gasteiger partial charge in [0.1, 0.15) is 5.82 Å². The second-order valence-corrected chi connectivity index (χ2v) is 19.7. The monoisotopic (exact) mass is 834 g/mol. The number of hydrogen-bond donors (Lipinski definition) is 0. The lowest BCUT2D eigenvalue weighted by molar-refractivity contribution is 0.592. The summed E-state index contributed by atoms with van der Waals surface area (Å²) in [7, 11) is -3.24. The van der Waals surface area contributed by atoms with E-state index in [2.05, 4.69) is 174 Å². The van der Waals surface area contributed by atoms with Crippen LogP contribution in [-0.4, -0.2) is 9.55 Å². The van der Waals surface area contributed by atoms with Crippen LogP contribution in [0.4, 0.5) is 0 Å². The number of aryl methyl sites for hydroxylation is 1. The van der Waals surface area contributed by atoms with Gasteiger partial charge in [0.25, 0.3) is 0 Å². The van der Waals surface area contributed by atoms with Crippen molar-refractivity contribution in [3.8, 4) is 50.2 Å². The average molecular weight is 835 g/mol. The average Bonchev–Trinajstić information content (AvgIpc) is 3.70. The molecular formula is C60H39N2OP. The summed E-state index contributed by atoms with van der Waals surface area (Å²) in [5.41, 5.74) is 12.0. The molecule has 12 aromatic rings. The first-order chi connectivity index (χ1) is 31.5. The highest BCUT2D eigenvalue weighted by molar-refractivity contribution is 7.86. The number of fused-ring (bicyclic) bond motifs is 6. The maximum atomic E-state index is 15.8. The van der Waals surface area contributed by atoms with E-state index in [1.807, 2.05) is 55.5 Å². The number of imidazole rings is 1. The maximum absolute atomic E-state index is 15.8. The lowest BCUT2D eigenvalue weighted by Gasteiger charge is -2.29. The molecule has 0 spiro atoms. The van der Waals surface area contributed by atoms with Gasteiger partial charge in [0.2, 0.25) is 0 Å². The van der Waals surface area contributed by atoms with Gasteiger partial charge in [0.05, 0.1) is 16.7 Å². The smallest absolute Gasteiger partial charge is 0.175 e. The van der Waals surface area contributed by atoms with E-state index in [-0.39, 0.29) is 0 Å². The summed E-state index contributed by atoms with van der Waals surface area (Å²) >= 11 is 0. The molecule has 0 amide bonds. The number of para-hydroxylation sites is 1. The van der Waals surface area contributed by atoms with E-state index in [0.717, 1.165) is 60.7 Å². The van der Waals surface area contributed by atoms with Crippen molar-refractivity contribution in [2.45, 2.75) is 6.92 Å². The van der Waals surface area contributed by atoms with E-state index in [9.17, 15) is 0 Å². The predicted molar refractivity (Wildman–Crippen MR) is 271 cm³/mol. The van der Waals surface area contributed by atoms with Crippen LogP contribution in [0.1, 0.15) is 5.82 Å². The van der Waals surface area contributed by atoms with Crippen LogP contribution in [0, 0.1) is 6.92 Å². The van der Waals surface area contributed by atoms with Crippen LogP contribution < -0.4 is 15.9 Å². The fourth-order valence-electron chi connectivity index (χ4n) is 10.5. The van der Waals surface area contributed by atoms with Gasteiger partial charge < -0.3 is 4.57 Å². The Balaban J connectivity index is 0.977. The Kier molecular flexibility index (Phi) is 8.10. The molecule has 0 aliphatic carbocycles. The van der Waals surface area contributed by atoms with Crippen molar-refractivity contribution in [2.75, 3.05) is 0 Å². The van der Waals surface area contributed by atoms with E-state index < -0.39 is 7.14 Å². The third-order valence-corrected chi connectivity index (χ3v) is 16.6. The molecule has 3 nitrogen and oxygen atoms in total. The first-order valence-electron chi connectivity index (χ1n) is 21.9. The predicted octanol–water partition coefficient (Wildman–Crippen LogP) is 14.6. The Bertz CT molecular complexity index is 3940. The van der Waals surface area contributed by atoms with Crippen LogP contribution in [0.15, 0.2) is 218 Å². The molecule has 0 bridgehead atoms. The second-order valence-electron chi connectivity index (χ2n) is 17.0. The Morgan fingerprint density at radius 3 is 1.56 bits per heavy atom. The van der Waals surface area contributed by atoms with E-state index in [1.54, 1.807) is 0 Å². The van der Waals surface area contributed by atoms with Crippen molar-refractivity contribution in [1.82, 2.24) is 9.55 Å². The van der Waals surface area contributed by atoms with Crippen LogP contribution in [0.5, 0.6) is 0 Å². The second kappa shape index (κ2) is 14.1. The molecule has 300 valence electrons. The zero-order valence-corrected chi connectivity index (χ0v) is 35.9. The molecule has 11 aromatic carbocycles. The van der Waals surface area contributed by atoms with Crippen molar-refractivity contribution in [3.63, 3.8) is 0 Å². The molecule has 1 atom stereocenters. The Morgan fingerprint density at radius 1 is 0.391 bits per heavy atom. The van der Waals surface area contributed by atoms with Gasteiger partial charge in [0, 0.05) is 15.9 Å². The summed E-state index contributed by atoms with van der Waals surface area (Å²) in [5, 5.41) is 12.3. The summed E-state index contributed by atoms with van der Waals surface area (Å²) in [6.45, 7) is 2.03. The normalized spacial score (nSPS) is 14.5. The van der Waals surface area contributed by atoms with Crippen LogP contribution in [0.2, 0.25) is 0 Å². The van der Waals surface area contributed by atoms with Gasteiger partial charge in [-0.15, -0.1) is 0 Å². The van der Waals surface area contributed by atoms with Gasteiger partial charge in [-0.25, -0.2) is 4.98 Å². The molecular weight excluding hydrogens is 796 g/mol. The molecule has 13 rings (SSSR count). The van der Waals surface area contributed by atoms with Gasteiger partial charge in [-0.2, -0.15) is 0 Å². The standard InChI is InChI=1S/C60H39N2OP/c1-38-61-54-20-11-21-56-60(54)62(38)55-33-31-46(37-57(55)64(56,63)49-16-3-2-4-17-49)42-24-22-41(23-25-42)45-30-32-52-53(36-45)59(48-29-27-40-13-6-8-15-44(40)35-48)51-19-10-9-18-50(51)58(52)47-28-26-39-12-5-7-14-43(39)34-47/h2-37H,1H3. The van der Waals surface area contributed by atoms with Gasteiger partial charge >= 0.3 is 0 Å². The quantitative estimate of drug-likeness (QED) is 0.128. The molecule has 1 aliphatic rings. The van der Waals surface area contributed by atoms with Crippen molar-refractivity contribution in [2.24, 2.45) is 0 Å². The summed E-state index contributed by atoms with van der Waals surface area (Å²) in [5.74, 6) is 0.886. The maximum Gasteiger partial charge on any atom is 0.175 e. The highest BCUT2D eigenvalue weighted by Gasteiger charge is 2.39. The molecule has 0 N–H and O–H groups in total. The van der Waals surface area contributed by atoms with E-state index in [0.29, 0.717) is 0 Å². The minimum absolute atomic E-state index is 0.831. The number of aromatic nitrogens is 2. The molecule has 1 aliphatic heterocycles. The number of benzene rings is 11. The Hall–Kier alpha value is -7.84. The van der Waals surface area contributed by atoms with E-state index in [4.69, 9.17) is 4.98 Å². The third-order valence-electron chi connectivity index (χ3n) is 13.5. The molecule has 4 heteroatoms. The summed E-state index contributed by atoms with van der Waals surface area (Å²) in [4.78, 5) is 4.90. The van der Waals surface area contributed by atoms with Crippen molar-refractivity contribution in [3.05, 3.63) is 224 Å². The fourth-order valence-corrected chi connectivity index (χ4v) is 13.5. The Morgan fingerprint density at radius 2 is 0.906 bits per heavy atom. The summed E-state index contributed by atoms with van der Waals surface area (Å²) in [6, 6.07) is 78.2.